The number of aromatic nitrogens is 2. The van der Waals surface area contributed by atoms with Crippen molar-refractivity contribution in [3.8, 4) is 0 Å². The summed E-state index contributed by atoms with van der Waals surface area (Å²) in [6.45, 7) is 11.8. The lowest BCUT2D eigenvalue weighted by atomic mass is 9.75. The quantitative estimate of drug-likeness (QED) is 0.505. The summed E-state index contributed by atoms with van der Waals surface area (Å²) in [6.07, 6.45) is 13.2. The Morgan fingerprint density at radius 2 is 2.16 bits per heavy atom. The van der Waals surface area contributed by atoms with Gasteiger partial charge in [0.05, 0.1) is 22.8 Å². The zero-order valence-corrected chi connectivity index (χ0v) is 14.9. The first-order chi connectivity index (χ1) is 12.2. The molecule has 0 amide bonds. The van der Waals surface area contributed by atoms with E-state index < -0.39 is 0 Å². The average Bonchev–Trinajstić information content (AvgIpc) is 3.30. The highest BCUT2D eigenvalue weighted by molar-refractivity contribution is 6.35. The van der Waals surface area contributed by atoms with E-state index in [2.05, 4.69) is 40.6 Å². The molecular formula is C21H24BN3. The molecule has 1 aliphatic heterocycles. The zero-order valence-electron chi connectivity index (χ0n) is 14.9. The summed E-state index contributed by atoms with van der Waals surface area (Å²) in [7, 11) is 6.25. The predicted molar refractivity (Wildman–Crippen MR) is 109 cm³/mol. The van der Waals surface area contributed by atoms with Gasteiger partial charge in [0, 0.05) is 23.3 Å². The molecule has 0 aromatic carbocycles. The number of anilines is 1. The number of hydrogen-bond acceptors (Lipinski definition) is 2. The van der Waals surface area contributed by atoms with Crippen LogP contribution in [0.15, 0.2) is 61.4 Å². The van der Waals surface area contributed by atoms with Crippen molar-refractivity contribution < 1.29 is 0 Å². The number of hydrogen-bond donors (Lipinski definition) is 2. The summed E-state index contributed by atoms with van der Waals surface area (Å²) >= 11 is 0. The molecule has 2 aromatic heterocycles. The Hall–Kier alpha value is -2.49. The zero-order chi connectivity index (χ0) is 18.0. The lowest BCUT2D eigenvalue weighted by Gasteiger charge is -2.38. The van der Waals surface area contributed by atoms with Crippen LogP contribution in [0.5, 0.6) is 0 Å². The van der Waals surface area contributed by atoms with Crippen LogP contribution in [-0.4, -0.2) is 23.9 Å². The molecule has 0 bridgehead atoms. The van der Waals surface area contributed by atoms with Gasteiger partial charge in [-0.1, -0.05) is 57.4 Å². The van der Waals surface area contributed by atoms with Crippen molar-refractivity contribution in [3.05, 3.63) is 66.9 Å². The highest BCUT2D eigenvalue weighted by Gasteiger charge is 2.40. The van der Waals surface area contributed by atoms with Crippen LogP contribution in [0.4, 0.5) is 5.69 Å². The van der Waals surface area contributed by atoms with Crippen LogP contribution < -0.4 is 10.9 Å². The van der Waals surface area contributed by atoms with E-state index in [0.29, 0.717) is 17.4 Å². The number of pyridine rings is 1. The molecule has 126 valence electrons. The fourth-order valence-electron chi connectivity index (χ4n) is 3.96. The monoisotopic (exact) mass is 329 g/mol. The molecule has 4 rings (SSSR count). The third-order valence-electron chi connectivity index (χ3n) is 4.94. The molecule has 3 heterocycles. The molecule has 0 spiro atoms. The Morgan fingerprint density at radius 3 is 2.88 bits per heavy atom. The summed E-state index contributed by atoms with van der Waals surface area (Å²) in [5.41, 5.74) is 5.86. The maximum Gasteiger partial charge on any atom is 0.144 e. The minimum atomic E-state index is 0.162. The fourth-order valence-corrected chi connectivity index (χ4v) is 3.96. The standard InChI is InChI=1S/C19H18BN3.C2H6/c1-3-6-11(4-2)16-13-8-5-7-12(13)15-17-14(9-10-21-17)22-19(20)18(15)23-16;1-2/h3-7,9-10,12-13,16,21,23H,1-2,8H2;1-2H3/b11-6+;. The molecule has 1 aliphatic carbocycles. The van der Waals surface area contributed by atoms with Crippen molar-refractivity contribution in [2.45, 2.75) is 32.2 Å². The molecule has 3 atom stereocenters. The molecule has 0 fully saturated rings. The second kappa shape index (κ2) is 7.18. The number of nitrogens with zero attached hydrogens (tertiary/aromatic N) is 1. The van der Waals surface area contributed by atoms with E-state index in [1.807, 2.05) is 38.3 Å². The third kappa shape index (κ3) is 2.76. The number of aromatic amines is 1. The van der Waals surface area contributed by atoms with Crippen molar-refractivity contribution >= 4 is 30.2 Å². The van der Waals surface area contributed by atoms with Crippen LogP contribution in [-0.2, 0) is 0 Å². The molecular weight excluding hydrogens is 305 g/mol. The first-order valence-electron chi connectivity index (χ1n) is 8.89. The van der Waals surface area contributed by atoms with Gasteiger partial charge in [-0.15, -0.1) is 0 Å². The second-order valence-electron chi connectivity index (χ2n) is 6.11. The first-order valence-corrected chi connectivity index (χ1v) is 8.89. The Kier molecular flexibility index (Phi) is 4.98. The van der Waals surface area contributed by atoms with Crippen molar-refractivity contribution in [3.63, 3.8) is 0 Å². The van der Waals surface area contributed by atoms with Crippen LogP contribution in [0.3, 0.4) is 0 Å². The summed E-state index contributed by atoms with van der Waals surface area (Å²) in [6, 6.07) is 2.13. The Bertz CT molecular complexity index is 859. The minimum absolute atomic E-state index is 0.162. The number of allylic oxidation sites excluding steroid dienone is 4. The SMILES string of the molecule is CC.[B]c1nc2cc[nH]c2c2c1NC(/C(C=C)=C/C=C)C1CC=CC21. The van der Waals surface area contributed by atoms with Gasteiger partial charge in [-0.25, -0.2) is 0 Å². The molecule has 0 saturated heterocycles. The minimum Gasteiger partial charge on any atom is -0.377 e. The summed E-state index contributed by atoms with van der Waals surface area (Å²) in [5.74, 6) is 0.774. The number of fused-ring (bicyclic) bond motifs is 5. The molecule has 3 nitrogen and oxygen atoms in total. The van der Waals surface area contributed by atoms with Gasteiger partial charge < -0.3 is 10.3 Å². The van der Waals surface area contributed by atoms with Gasteiger partial charge in [-0.2, -0.15) is 0 Å². The van der Waals surface area contributed by atoms with Gasteiger partial charge in [0.2, 0.25) is 0 Å². The number of H-pyrrole nitrogens is 1. The maximum absolute atomic E-state index is 6.25. The van der Waals surface area contributed by atoms with E-state index >= 15 is 0 Å². The highest BCUT2D eigenvalue weighted by atomic mass is 15.0. The van der Waals surface area contributed by atoms with E-state index in [1.165, 1.54) is 5.56 Å². The second-order valence-corrected chi connectivity index (χ2v) is 6.11. The lowest BCUT2D eigenvalue weighted by Crippen LogP contribution is -2.40. The molecule has 3 unspecified atom stereocenters. The number of nitrogens with one attached hydrogen (secondary N) is 2. The van der Waals surface area contributed by atoms with Gasteiger partial charge >= 0.3 is 0 Å². The molecule has 2 radical (unpaired) electrons. The van der Waals surface area contributed by atoms with E-state index in [0.717, 1.165) is 28.7 Å². The summed E-state index contributed by atoms with van der Waals surface area (Å²) in [4.78, 5) is 7.85. The average molecular weight is 329 g/mol. The largest absolute Gasteiger partial charge is 0.377 e. The van der Waals surface area contributed by atoms with Gasteiger partial charge in [0.1, 0.15) is 7.85 Å². The molecule has 25 heavy (non-hydrogen) atoms. The number of rotatable bonds is 3. The van der Waals surface area contributed by atoms with Crippen molar-refractivity contribution in [1.29, 1.82) is 0 Å². The van der Waals surface area contributed by atoms with Crippen molar-refractivity contribution in [2.75, 3.05) is 5.32 Å². The molecule has 0 saturated carbocycles. The van der Waals surface area contributed by atoms with E-state index in [-0.39, 0.29) is 6.04 Å². The summed E-state index contributed by atoms with van der Waals surface area (Å²) < 4.78 is 0. The highest BCUT2D eigenvalue weighted by Crippen LogP contribution is 2.47. The van der Waals surface area contributed by atoms with E-state index in [4.69, 9.17) is 7.85 Å². The van der Waals surface area contributed by atoms with Gasteiger partial charge in [0.15, 0.2) is 0 Å². The van der Waals surface area contributed by atoms with Gasteiger partial charge in [-0.3, -0.25) is 4.98 Å². The molecule has 2 N–H and O–H groups in total. The van der Waals surface area contributed by atoms with Crippen molar-refractivity contribution in [1.82, 2.24) is 9.97 Å². The fraction of sp³-hybridized carbons (Fsp3) is 0.286. The van der Waals surface area contributed by atoms with Crippen LogP contribution in [0.1, 0.15) is 31.7 Å². The van der Waals surface area contributed by atoms with Gasteiger partial charge in [0.25, 0.3) is 0 Å². The first kappa shape index (κ1) is 17.3. The Balaban J connectivity index is 0.000000880. The van der Waals surface area contributed by atoms with Crippen molar-refractivity contribution in [2.24, 2.45) is 5.92 Å². The molecule has 4 heteroatoms. The Morgan fingerprint density at radius 1 is 1.36 bits per heavy atom. The molecule has 2 aliphatic rings. The topological polar surface area (TPSA) is 40.7 Å². The van der Waals surface area contributed by atoms with Crippen LogP contribution in [0.2, 0.25) is 0 Å². The normalized spacial score (nSPS) is 23.9. The predicted octanol–water partition coefficient (Wildman–Crippen LogP) is 4.14. The van der Waals surface area contributed by atoms with Gasteiger partial charge in [-0.05, 0) is 24.0 Å². The van der Waals surface area contributed by atoms with Crippen LogP contribution in [0, 0.1) is 5.92 Å². The lowest BCUT2D eigenvalue weighted by molar-refractivity contribution is 0.457. The third-order valence-corrected chi connectivity index (χ3v) is 4.94. The van der Waals surface area contributed by atoms with E-state index in [1.54, 1.807) is 6.08 Å². The maximum atomic E-state index is 6.25. The smallest absolute Gasteiger partial charge is 0.144 e. The Labute approximate surface area is 151 Å². The van der Waals surface area contributed by atoms with E-state index in [9.17, 15) is 0 Å². The van der Waals surface area contributed by atoms with Crippen LogP contribution in [0.25, 0.3) is 11.0 Å². The summed E-state index contributed by atoms with van der Waals surface area (Å²) in [5, 5.41) is 3.62. The van der Waals surface area contributed by atoms with Crippen LogP contribution >= 0.6 is 0 Å². The molecule has 2 aromatic rings.